The van der Waals surface area contributed by atoms with Gasteiger partial charge in [0.25, 0.3) is 5.92 Å². The van der Waals surface area contributed by atoms with Gasteiger partial charge in [0.15, 0.2) is 0 Å². The number of nitrogens with two attached hydrogens (primary N) is 1. The van der Waals surface area contributed by atoms with Crippen LogP contribution in [0.3, 0.4) is 0 Å². The van der Waals surface area contributed by atoms with Gasteiger partial charge in [0, 0.05) is 16.5 Å². The van der Waals surface area contributed by atoms with Gasteiger partial charge in [-0.25, -0.2) is 8.78 Å². The molecule has 0 aromatic heterocycles. The summed E-state index contributed by atoms with van der Waals surface area (Å²) >= 11 is 3.24. The maximum Gasteiger partial charge on any atom is 0.264 e. The van der Waals surface area contributed by atoms with Gasteiger partial charge in [0.2, 0.25) is 0 Å². The second kappa shape index (κ2) is 4.90. The minimum Gasteiger partial charge on any atom is -0.496 e. The summed E-state index contributed by atoms with van der Waals surface area (Å²) in [5, 5.41) is 0. The molecule has 0 aliphatic heterocycles. The zero-order valence-corrected chi connectivity index (χ0v) is 9.85. The number of rotatable bonds is 4. The highest BCUT2D eigenvalue weighted by atomic mass is 79.9. The van der Waals surface area contributed by atoms with Gasteiger partial charge in [-0.15, -0.1) is 0 Å². The summed E-state index contributed by atoms with van der Waals surface area (Å²) in [6.45, 7) is -0.660. The first-order valence-electron chi connectivity index (χ1n) is 4.39. The fourth-order valence-corrected chi connectivity index (χ4v) is 1.56. The number of alkyl halides is 2. The molecule has 0 aliphatic carbocycles. The topological polar surface area (TPSA) is 35.2 Å². The summed E-state index contributed by atoms with van der Waals surface area (Å²) < 4.78 is 31.9. The van der Waals surface area contributed by atoms with Crippen LogP contribution in [0.15, 0.2) is 22.7 Å². The number of ether oxygens (including phenoxy) is 1. The van der Waals surface area contributed by atoms with E-state index in [1.54, 1.807) is 18.2 Å². The van der Waals surface area contributed by atoms with Crippen molar-refractivity contribution < 1.29 is 13.5 Å². The Balaban J connectivity index is 2.94. The Bertz CT molecular complexity index is 344. The van der Waals surface area contributed by atoms with Gasteiger partial charge in [-0.2, -0.15) is 0 Å². The Kier molecular flexibility index (Phi) is 4.04. The summed E-state index contributed by atoms with van der Waals surface area (Å²) in [6, 6.07) is 4.96. The molecule has 0 fully saturated rings. The van der Waals surface area contributed by atoms with Gasteiger partial charge >= 0.3 is 0 Å². The highest BCUT2D eigenvalue weighted by Crippen LogP contribution is 2.28. The van der Waals surface area contributed by atoms with E-state index in [9.17, 15) is 8.78 Å². The van der Waals surface area contributed by atoms with E-state index >= 15 is 0 Å². The molecule has 0 aliphatic rings. The van der Waals surface area contributed by atoms with Crippen LogP contribution in [-0.2, 0) is 6.42 Å². The molecule has 0 atom stereocenters. The van der Waals surface area contributed by atoms with Crippen molar-refractivity contribution in [2.75, 3.05) is 13.7 Å². The standard InChI is InChI=1S/C10H12BrF2NO/c1-15-9-4-8(11)3-2-7(9)5-10(12,13)6-14/h2-4H,5-6,14H2,1H3. The predicted molar refractivity (Wildman–Crippen MR) is 58.4 cm³/mol. The molecule has 0 heterocycles. The first-order chi connectivity index (χ1) is 6.98. The Morgan fingerprint density at radius 1 is 1.47 bits per heavy atom. The van der Waals surface area contributed by atoms with Gasteiger partial charge in [-0.05, 0) is 12.1 Å². The van der Waals surface area contributed by atoms with E-state index in [0.29, 0.717) is 11.3 Å². The van der Waals surface area contributed by atoms with E-state index < -0.39 is 18.9 Å². The average Bonchev–Trinajstić information content (AvgIpc) is 2.20. The molecular weight excluding hydrogens is 268 g/mol. The minimum atomic E-state index is -2.89. The molecule has 0 spiro atoms. The van der Waals surface area contributed by atoms with Crippen LogP contribution in [0.4, 0.5) is 8.78 Å². The van der Waals surface area contributed by atoms with Crippen LogP contribution in [0.2, 0.25) is 0 Å². The molecule has 1 aromatic rings. The maximum absolute atomic E-state index is 13.1. The van der Waals surface area contributed by atoms with Crippen LogP contribution in [0, 0.1) is 0 Å². The van der Waals surface area contributed by atoms with E-state index in [1.165, 1.54) is 7.11 Å². The summed E-state index contributed by atoms with van der Waals surface area (Å²) in [5.74, 6) is -2.45. The van der Waals surface area contributed by atoms with Crippen LogP contribution < -0.4 is 10.5 Å². The van der Waals surface area contributed by atoms with Crippen molar-refractivity contribution >= 4 is 15.9 Å². The first kappa shape index (κ1) is 12.4. The van der Waals surface area contributed by atoms with Crippen LogP contribution >= 0.6 is 15.9 Å². The molecule has 0 bridgehead atoms. The Labute approximate surface area is 95.5 Å². The molecule has 2 nitrogen and oxygen atoms in total. The number of benzene rings is 1. The molecule has 0 radical (unpaired) electrons. The minimum absolute atomic E-state index is 0.403. The summed E-state index contributed by atoms with van der Waals surface area (Å²) in [4.78, 5) is 0. The van der Waals surface area contributed by atoms with Crippen LogP contribution in [-0.4, -0.2) is 19.6 Å². The highest BCUT2D eigenvalue weighted by molar-refractivity contribution is 9.10. The van der Waals surface area contributed by atoms with Crippen molar-refractivity contribution in [3.8, 4) is 5.75 Å². The Morgan fingerprint density at radius 2 is 2.13 bits per heavy atom. The normalized spacial score (nSPS) is 11.5. The van der Waals surface area contributed by atoms with E-state index in [4.69, 9.17) is 10.5 Å². The van der Waals surface area contributed by atoms with Gasteiger partial charge in [-0.3, -0.25) is 0 Å². The third-order valence-corrected chi connectivity index (χ3v) is 2.49. The molecule has 5 heteroatoms. The fraction of sp³-hybridized carbons (Fsp3) is 0.400. The van der Waals surface area contributed by atoms with Gasteiger partial charge in [0.1, 0.15) is 5.75 Å². The number of methoxy groups -OCH3 is 1. The number of hydrogen-bond acceptors (Lipinski definition) is 2. The lowest BCUT2D eigenvalue weighted by atomic mass is 10.1. The largest absolute Gasteiger partial charge is 0.496 e. The molecule has 15 heavy (non-hydrogen) atoms. The monoisotopic (exact) mass is 279 g/mol. The molecule has 0 saturated heterocycles. The SMILES string of the molecule is COc1cc(Br)ccc1CC(F)(F)CN. The zero-order chi connectivity index (χ0) is 11.5. The smallest absolute Gasteiger partial charge is 0.264 e. The average molecular weight is 280 g/mol. The fourth-order valence-electron chi connectivity index (χ4n) is 1.22. The van der Waals surface area contributed by atoms with Gasteiger partial charge in [0.05, 0.1) is 13.7 Å². The Morgan fingerprint density at radius 3 is 2.67 bits per heavy atom. The lowest BCUT2D eigenvalue weighted by Gasteiger charge is -2.16. The third kappa shape index (κ3) is 3.43. The van der Waals surface area contributed by atoms with Crippen molar-refractivity contribution in [2.24, 2.45) is 5.73 Å². The van der Waals surface area contributed by atoms with Crippen molar-refractivity contribution in [3.05, 3.63) is 28.2 Å². The molecular formula is C10H12BrF2NO. The maximum atomic E-state index is 13.1. The third-order valence-electron chi connectivity index (χ3n) is 2.00. The molecule has 1 rings (SSSR count). The van der Waals surface area contributed by atoms with Crippen molar-refractivity contribution in [1.82, 2.24) is 0 Å². The highest BCUT2D eigenvalue weighted by Gasteiger charge is 2.28. The summed E-state index contributed by atoms with van der Waals surface area (Å²) in [5.41, 5.74) is 5.43. The van der Waals surface area contributed by atoms with E-state index in [-0.39, 0.29) is 0 Å². The van der Waals surface area contributed by atoms with E-state index in [2.05, 4.69) is 15.9 Å². The summed E-state index contributed by atoms with van der Waals surface area (Å²) in [7, 11) is 1.45. The molecule has 84 valence electrons. The van der Waals surface area contributed by atoms with Crippen LogP contribution in [0.5, 0.6) is 5.75 Å². The second-order valence-corrected chi connectivity index (χ2v) is 4.11. The number of halogens is 3. The molecule has 2 N–H and O–H groups in total. The Hall–Kier alpha value is -0.680. The summed E-state index contributed by atoms with van der Waals surface area (Å²) in [6.07, 6.45) is -0.403. The zero-order valence-electron chi connectivity index (χ0n) is 8.27. The van der Waals surface area contributed by atoms with Crippen molar-refractivity contribution in [2.45, 2.75) is 12.3 Å². The van der Waals surface area contributed by atoms with Gasteiger partial charge < -0.3 is 10.5 Å². The molecule has 0 amide bonds. The first-order valence-corrected chi connectivity index (χ1v) is 5.18. The van der Waals surface area contributed by atoms with Crippen LogP contribution in [0.25, 0.3) is 0 Å². The number of hydrogen-bond donors (Lipinski definition) is 1. The second-order valence-electron chi connectivity index (χ2n) is 3.19. The molecule has 0 saturated carbocycles. The van der Waals surface area contributed by atoms with E-state index in [1.807, 2.05) is 0 Å². The lowest BCUT2D eigenvalue weighted by molar-refractivity contribution is 0.0110. The van der Waals surface area contributed by atoms with Gasteiger partial charge in [-0.1, -0.05) is 22.0 Å². The van der Waals surface area contributed by atoms with E-state index in [0.717, 1.165) is 4.47 Å². The molecule has 1 aromatic carbocycles. The van der Waals surface area contributed by atoms with Crippen molar-refractivity contribution in [3.63, 3.8) is 0 Å². The lowest BCUT2D eigenvalue weighted by Crippen LogP contribution is -2.30. The quantitative estimate of drug-likeness (QED) is 0.920. The predicted octanol–water partition coefficient (Wildman–Crippen LogP) is 2.59. The van der Waals surface area contributed by atoms with Crippen molar-refractivity contribution in [1.29, 1.82) is 0 Å². The van der Waals surface area contributed by atoms with Crippen LogP contribution in [0.1, 0.15) is 5.56 Å². The molecule has 0 unspecified atom stereocenters.